The molecule has 146 valence electrons. The fourth-order valence-corrected chi connectivity index (χ4v) is 3.83. The minimum Gasteiger partial charge on any atom is -0.429 e. The molecule has 0 radical (unpaired) electrons. The molecule has 0 saturated heterocycles. The van der Waals surface area contributed by atoms with Crippen molar-refractivity contribution in [2.24, 2.45) is 0 Å². The Kier molecular flexibility index (Phi) is 5.04. The van der Waals surface area contributed by atoms with Crippen molar-refractivity contribution >= 4 is 38.5 Å². The molecule has 0 N–H and O–H groups in total. The van der Waals surface area contributed by atoms with Gasteiger partial charge in [-0.3, -0.25) is 0 Å². The lowest BCUT2D eigenvalue weighted by atomic mass is 10.3. The number of para-hydroxylation sites is 2. The zero-order chi connectivity index (χ0) is 20.4. The lowest BCUT2D eigenvalue weighted by Gasteiger charge is -2.18. The topological polar surface area (TPSA) is 82.8 Å². The molecule has 0 bridgehead atoms. The van der Waals surface area contributed by atoms with Crippen molar-refractivity contribution in [3.63, 3.8) is 0 Å². The monoisotopic (exact) mass is 425 g/mol. The van der Waals surface area contributed by atoms with E-state index in [4.69, 9.17) is 11.6 Å². The zero-order valence-electron chi connectivity index (χ0n) is 15.2. The highest BCUT2D eigenvalue weighted by Crippen LogP contribution is 2.32. The van der Waals surface area contributed by atoms with Crippen molar-refractivity contribution in [2.45, 2.75) is 11.4 Å². The molecular formula is C20H16ClN5O2S. The van der Waals surface area contributed by atoms with E-state index in [9.17, 15) is 8.42 Å². The Hall–Kier alpha value is -3.23. The summed E-state index contributed by atoms with van der Waals surface area (Å²) in [6.45, 7) is 4.32. The van der Waals surface area contributed by atoms with Gasteiger partial charge in [-0.05, 0) is 35.8 Å². The largest absolute Gasteiger partial charge is 0.429 e. The van der Waals surface area contributed by atoms with Gasteiger partial charge in [0.05, 0.1) is 10.4 Å². The fourth-order valence-electron chi connectivity index (χ4n) is 2.77. The molecule has 0 saturated carbocycles. The summed E-state index contributed by atoms with van der Waals surface area (Å²) in [6, 6.07) is 13.0. The number of benzene rings is 2. The van der Waals surface area contributed by atoms with Crippen LogP contribution >= 0.6 is 11.6 Å². The standard InChI is InChI=1S/C20H16ClN5O2S/c1-2-11-25-12-13-26(14-25)20-19(22-17-5-3-4-6-18(17)23-20)24-29(27,28)16-9-7-15(21)8-10-16/h2-10,12-14H,1,11H2. The molecule has 0 spiro atoms. The van der Waals surface area contributed by atoms with Crippen molar-refractivity contribution in [1.29, 1.82) is 0 Å². The minimum atomic E-state index is -4.01. The molecule has 0 amide bonds. The molecule has 2 aromatic carbocycles. The molecular weight excluding hydrogens is 410 g/mol. The fraction of sp³-hybridized carbons (Fsp3) is 0.0500. The smallest absolute Gasteiger partial charge is 0.250 e. The first-order chi connectivity index (χ1) is 14.0. The number of nitrogens with zero attached hydrogens (tertiary/aromatic N) is 5. The average Bonchev–Trinajstić information content (AvgIpc) is 3.16. The number of fused-ring (bicyclic) bond motifs is 1. The van der Waals surface area contributed by atoms with E-state index < -0.39 is 10.0 Å². The van der Waals surface area contributed by atoms with Crippen LogP contribution in [0.4, 0.5) is 5.82 Å². The molecule has 4 rings (SSSR count). The van der Waals surface area contributed by atoms with E-state index in [0.717, 1.165) is 0 Å². The number of imidazole rings is 1. The van der Waals surface area contributed by atoms with Gasteiger partial charge in [0.15, 0.2) is 0 Å². The van der Waals surface area contributed by atoms with E-state index in [1.165, 1.54) is 24.3 Å². The number of hydrogen-bond donors (Lipinski definition) is 0. The molecule has 2 heterocycles. The molecule has 4 aromatic rings. The van der Waals surface area contributed by atoms with Gasteiger partial charge in [-0.2, -0.15) is 4.57 Å². The molecule has 2 aromatic heterocycles. The summed E-state index contributed by atoms with van der Waals surface area (Å²) >= 11 is 5.86. The third-order valence-electron chi connectivity index (χ3n) is 4.13. The number of aromatic nitrogens is 4. The first-order valence-corrected chi connectivity index (χ1v) is 10.5. The van der Waals surface area contributed by atoms with Crippen LogP contribution in [-0.4, -0.2) is 23.0 Å². The van der Waals surface area contributed by atoms with Gasteiger partial charge >= 0.3 is 0 Å². The Bertz CT molecular complexity index is 1300. The highest BCUT2D eigenvalue weighted by atomic mass is 35.5. The lowest BCUT2D eigenvalue weighted by molar-refractivity contribution is -0.686. The molecule has 0 aliphatic carbocycles. The summed E-state index contributed by atoms with van der Waals surface area (Å²) in [4.78, 5) is 9.07. The van der Waals surface area contributed by atoms with Gasteiger partial charge in [0, 0.05) is 10.8 Å². The number of rotatable bonds is 6. The Morgan fingerprint density at radius 2 is 1.79 bits per heavy atom. The molecule has 0 aliphatic rings. The number of sulfonamides is 1. The van der Waals surface area contributed by atoms with Gasteiger partial charge < -0.3 is 9.71 Å². The van der Waals surface area contributed by atoms with Crippen LogP contribution < -0.4 is 4.57 Å². The highest BCUT2D eigenvalue weighted by molar-refractivity contribution is 7.94. The first-order valence-electron chi connectivity index (χ1n) is 8.65. The number of halogens is 1. The second kappa shape index (κ2) is 7.65. The summed E-state index contributed by atoms with van der Waals surface area (Å²) in [5, 5.41) is 0.439. The maximum atomic E-state index is 12.8. The van der Waals surface area contributed by atoms with Crippen molar-refractivity contribution < 1.29 is 13.0 Å². The van der Waals surface area contributed by atoms with E-state index >= 15 is 0 Å². The van der Waals surface area contributed by atoms with Crippen molar-refractivity contribution in [2.75, 3.05) is 0 Å². The predicted molar refractivity (Wildman–Crippen MR) is 111 cm³/mol. The highest BCUT2D eigenvalue weighted by Gasteiger charge is 2.16. The molecule has 7 nitrogen and oxygen atoms in total. The Balaban J connectivity index is 1.83. The van der Waals surface area contributed by atoms with E-state index in [0.29, 0.717) is 28.4 Å². The van der Waals surface area contributed by atoms with Crippen LogP contribution in [0.1, 0.15) is 0 Å². The van der Waals surface area contributed by atoms with Crippen LogP contribution in [0.25, 0.3) is 21.6 Å². The Labute approximate surface area is 173 Å². The van der Waals surface area contributed by atoms with E-state index in [2.05, 4.69) is 21.3 Å². The summed E-state index contributed by atoms with van der Waals surface area (Å²) in [6.07, 6.45) is 7.12. The molecule has 0 unspecified atom stereocenters. The van der Waals surface area contributed by atoms with Gasteiger partial charge in [-0.25, -0.2) is 18.0 Å². The van der Waals surface area contributed by atoms with Gasteiger partial charge in [-0.15, -0.1) is 0 Å². The van der Waals surface area contributed by atoms with Crippen molar-refractivity contribution in [3.05, 3.63) is 89.7 Å². The van der Waals surface area contributed by atoms with Crippen LogP contribution in [0.2, 0.25) is 5.02 Å². The van der Waals surface area contributed by atoms with Crippen LogP contribution in [0.5, 0.6) is 0 Å². The van der Waals surface area contributed by atoms with Crippen LogP contribution in [0.15, 0.2) is 84.8 Å². The molecule has 0 aliphatic heterocycles. The summed E-state index contributed by atoms with van der Waals surface area (Å²) in [5.74, 6) is 0.309. The molecule has 0 fully saturated rings. The second-order valence-corrected chi connectivity index (χ2v) is 8.23. The Morgan fingerprint density at radius 3 is 2.48 bits per heavy atom. The third kappa shape index (κ3) is 3.98. The quantitative estimate of drug-likeness (QED) is 0.346. The van der Waals surface area contributed by atoms with E-state index in [-0.39, 0.29) is 10.7 Å². The summed E-state index contributed by atoms with van der Waals surface area (Å²) in [7, 11) is -4.01. The third-order valence-corrected chi connectivity index (χ3v) is 5.66. The van der Waals surface area contributed by atoms with Crippen LogP contribution in [-0.2, 0) is 16.6 Å². The number of allylic oxidation sites excluding steroid dienone is 1. The maximum Gasteiger partial charge on any atom is 0.250 e. The van der Waals surface area contributed by atoms with Gasteiger partial charge in [0.1, 0.15) is 18.9 Å². The van der Waals surface area contributed by atoms with Gasteiger partial charge in [0.2, 0.25) is 22.2 Å². The zero-order valence-corrected chi connectivity index (χ0v) is 16.8. The van der Waals surface area contributed by atoms with Crippen LogP contribution in [0, 0.1) is 0 Å². The van der Waals surface area contributed by atoms with Crippen molar-refractivity contribution in [1.82, 2.24) is 14.5 Å². The summed E-state index contributed by atoms with van der Waals surface area (Å²) < 4.78 is 33.2. The lowest BCUT2D eigenvalue weighted by Crippen LogP contribution is -2.29. The van der Waals surface area contributed by atoms with Crippen LogP contribution in [0.3, 0.4) is 0 Å². The first kappa shape index (κ1) is 19.1. The summed E-state index contributed by atoms with van der Waals surface area (Å²) in [5.41, 5.74) is 1.18. The predicted octanol–water partition coefficient (Wildman–Crippen LogP) is 3.94. The Morgan fingerprint density at radius 1 is 1.10 bits per heavy atom. The average molecular weight is 426 g/mol. The number of hydrogen-bond acceptors (Lipinski definition) is 4. The minimum absolute atomic E-state index is 0.00000283. The van der Waals surface area contributed by atoms with E-state index in [1.54, 1.807) is 29.2 Å². The SMILES string of the molecule is C=CC[n+]1ccn(-c2nc3ccccc3nc2[N-]S(=O)(=O)c2ccc(Cl)cc2)c1. The van der Waals surface area contributed by atoms with Gasteiger partial charge in [-0.1, -0.05) is 42.5 Å². The second-order valence-electron chi connectivity index (χ2n) is 6.19. The molecule has 9 heteroatoms. The maximum absolute atomic E-state index is 12.8. The normalized spacial score (nSPS) is 11.5. The van der Waals surface area contributed by atoms with E-state index in [1.807, 2.05) is 29.0 Å². The van der Waals surface area contributed by atoms with Gasteiger partial charge in [0.25, 0.3) is 0 Å². The van der Waals surface area contributed by atoms with Crippen molar-refractivity contribution in [3.8, 4) is 5.82 Å². The molecule has 29 heavy (non-hydrogen) atoms. The molecule has 0 atom stereocenters.